The van der Waals surface area contributed by atoms with Crippen LogP contribution in [0.1, 0.15) is 44.9 Å². The molecular weight excluding hydrogens is 432 g/mol. The van der Waals surface area contributed by atoms with E-state index in [1.807, 2.05) is 30.5 Å². The highest BCUT2D eigenvalue weighted by Gasteiger charge is 2.28. The van der Waals surface area contributed by atoms with Gasteiger partial charge in [0.25, 0.3) is 0 Å². The first-order valence-corrected chi connectivity index (χ1v) is 12.1. The first-order valence-electron chi connectivity index (χ1n) is 12.1. The van der Waals surface area contributed by atoms with E-state index in [0.717, 1.165) is 68.6 Å². The SMILES string of the molecule is O=C(O)C[C@H]1CC[C@H](OC2CCN(c3ccc(-c4nnc(-c5cccnc5)[nH]4)cn3)CC2)CC1. The number of carboxylic acids is 1. The first-order chi connectivity index (χ1) is 16.6. The molecule has 0 radical (unpaired) electrons. The molecule has 1 aliphatic carbocycles. The van der Waals surface area contributed by atoms with Crippen LogP contribution in [0.15, 0.2) is 42.9 Å². The van der Waals surface area contributed by atoms with Gasteiger partial charge in [-0.2, -0.15) is 0 Å². The second-order valence-corrected chi connectivity index (χ2v) is 9.23. The van der Waals surface area contributed by atoms with Crippen LogP contribution in [0.2, 0.25) is 0 Å². The second kappa shape index (κ2) is 10.3. The van der Waals surface area contributed by atoms with E-state index in [1.54, 1.807) is 12.4 Å². The average Bonchev–Trinajstić information content (AvgIpc) is 3.37. The summed E-state index contributed by atoms with van der Waals surface area (Å²) < 4.78 is 6.37. The number of aliphatic carboxylic acids is 1. The minimum absolute atomic E-state index is 0.275. The molecular formula is C25H30N6O3. The number of piperidine rings is 1. The van der Waals surface area contributed by atoms with Gasteiger partial charge in [0.15, 0.2) is 11.6 Å². The van der Waals surface area contributed by atoms with Gasteiger partial charge in [-0.15, -0.1) is 10.2 Å². The van der Waals surface area contributed by atoms with Crippen LogP contribution in [-0.2, 0) is 9.53 Å². The summed E-state index contributed by atoms with van der Waals surface area (Å²) in [6.07, 6.45) is 12.0. The Bertz CT molecular complexity index is 1070. The lowest BCUT2D eigenvalue weighted by atomic mass is 9.85. The van der Waals surface area contributed by atoms with Crippen LogP contribution < -0.4 is 4.90 Å². The van der Waals surface area contributed by atoms with E-state index in [1.165, 1.54) is 0 Å². The molecule has 0 amide bonds. The number of aromatic nitrogens is 5. The van der Waals surface area contributed by atoms with E-state index in [2.05, 4.69) is 30.0 Å². The molecule has 34 heavy (non-hydrogen) atoms. The van der Waals surface area contributed by atoms with Gasteiger partial charge < -0.3 is 19.7 Å². The molecule has 9 heteroatoms. The third-order valence-corrected chi connectivity index (χ3v) is 6.85. The van der Waals surface area contributed by atoms with Crippen molar-refractivity contribution in [2.24, 2.45) is 5.92 Å². The lowest BCUT2D eigenvalue weighted by molar-refractivity contribution is -0.138. The van der Waals surface area contributed by atoms with E-state index in [4.69, 9.17) is 9.84 Å². The third-order valence-electron chi connectivity index (χ3n) is 6.85. The van der Waals surface area contributed by atoms with Crippen LogP contribution in [0.5, 0.6) is 0 Å². The zero-order valence-electron chi connectivity index (χ0n) is 19.1. The summed E-state index contributed by atoms with van der Waals surface area (Å²) in [6, 6.07) is 7.87. The Kier molecular flexibility index (Phi) is 6.80. The van der Waals surface area contributed by atoms with Crippen LogP contribution in [0, 0.1) is 5.92 Å². The van der Waals surface area contributed by atoms with Crippen LogP contribution >= 0.6 is 0 Å². The minimum atomic E-state index is -0.686. The Morgan fingerprint density at radius 3 is 2.29 bits per heavy atom. The van der Waals surface area contributed by atoms with Crippen LogP contribution in [0.3, 0.4) is 0 Å². The van der Waals surface area contributed by atoms with Gasteiger partial charge in [0.1, 0.15) is 5.82 Å². The van der Waals surface area contributed by atoms with E-state index in [0.29, 0.717) is 24.0 Å². The Labute approximate surface area is 198 Å². The highest BCUT2D eigenvalue weighted by atomic mass is 16.5. The molecule has 2 aliphatic rings. The fourth-order valence-corrected chi connectivity index (χ4v) is 4.95. The van der Waals surface area contributed by atoms with Crippen LogP contribution in [0.4, 0.5) is 5.82 Å². The highest BCUT2D eigenvalue weighted by Crippen LogP contribution is 2.31. The van der Waals surface area contributed by atoms with E-state index in [-0.39, 0.29) is 12.2 Å². The van der Waals surface area contributed by atoms with Crippen LogP contribution in [0.25, 0.3) is 22.8 Å². The molecule has 1 saturated carbocycles. The highest BCUT2D eigenvalue weighted by molar-refractivity contribution is 5.67. The van der Waals surface area contributed by atoms with Crippen molar-refractivity contribution in [3.63, 3.8) is 0 Å². The Balaban J connectivity index is 1.11. The number of pyridine rings is 2. The van der Waals surface area contributed by atoms with Gasteiger partial charge in [0.2, 0.25) is 0 Å². The van der Waals surface area contributed by atoms with Crippen molar-refractivity contribution in [1.29, 1.82) is 0 Å². The summed E-state index contributed by atoms with van der Waals surface area (Å²) in [5.74, 6) is 1.96. The quantitative estimate of drug-likeness (QED) is 0.542. The number of ether oxygens (including phenoxy) is 1. The number of carbonyl (C=O) groups is 1. The van der Waals surface area contributed by atoms with Crippen molar-refractivity contribution in [1.82, 2.24) is 25.1 Å². The summed E-state index contributed by atoms with van der Waals surface area (Å²) in [5, 5.41) is 17.5. The van der Waals surface area contributed by atoms with E-state index in [9.17, 15) is 4.79 Å². The number of rotatable bonds is 7. The summed E-state index contributed by atoms with van der Waals surface area (Å²) in [4.78, 5) is 25.2. The average molecular weight is 463 g/mol. The Morgan fingerprint density at radius 2 is 1.68 bits per heavy atom. The van der Waals surface area contributed by atoms with Gasteiger partial charge in [-0.25, -0.2) is 4.98 Å². The van der Waals surface area contributed by atoms with E-state index < -0.39 is 5.97 Å². The fraction of sp³-hybridized carbons (Fsp3) is 0.480. The number of H-pyrrole nitrogens is 1. The minimum Gasteiger partial charge on any atom is -0.481 e. The monoisotopic (exact) mass is 462 g/mol. The molecule has 1 saturated heterocycles. The maximum absolute atomic E-state index is 10.9. The molecule has 178 valence electrons. The molecule has 4 heterocycles. The molecule has 3 aromatic rings. The van der Waals surface area contributed by atoms with Gasteiger partial charge in [0, 0.05) is 49.2 Å². The summed E-state index contributed by atoms with van der Waals surface area (Å²) >= 11 is 0. The Hall–Kier alpha value is -3.33. The van der Waals surface area contributed by atoms with Gasteiger partial charge in [-0.05, 0) is 68.7 Å². The summed E-state index contributed by atoms with van der Waals surface area (Å²) in [6.45, 7) is 1.83. The second-order valence-electron chi connectivity index (χ2n) is 9.23. The number of aromatic amines is 1. The number of nitrogens with one attached hydrogen (secondary N) is 1. The summed E-state index contributed by atoms with van der Waals surface area (Å²) in [7, 11) is 0. The van der Waals surface area contributed by atoms with Crippen molar-refractivity contribution in [3.8, 4) is 22.8 Å². The first kappa shape index (κ1) is 22.5. The maximum Gasteiger partial charge on any atom is 0.303 e. The number of hydrogen-bond donors (Lipinski definition) is 2. The normalized spacial score (nSPS) is 21.5. The van der Waals surface area contributed by atoms with Crippen molar-refractivity contribution in [3.05, 3.63) is 42.9 Å². The predicted octanol–water partition coefficient (Wildman–Crippen LogP) is 3.95. The molecule has 2 fully saturated rings. The molecule has 1 aliphatic heterocycles. The standard InChI is InChI=1S/C25H30N6O3/c32-23(33)14-17-3-6-20(7-4-17)34-21-9-12-31(13-10-21)22-8-5-19(16-27-22)25-28-24(29-30-25)18-2-1-11-26-15-18/h1-2,5,8,11,15-17,20-21H,3-4,6-7,9-10,12-14H2,(H,32,33)(H,28,29,30)/t17-,20-. The largest absolute Gasteiger partial charge is 0.481 e. The van der Waals surface area contributed by atoms with Gasteiger partial charge in [0.05, 0.1) is 12.2 Å². The third kappa shape index (κ3) is 5.41. The zero-order chi connectivity index (χ0) is 23.3. The molecule has 0 atom stereocenters. The van der Waals surface area contributed by atoms with Crippen molar-refractivity contribution >= 4 is 11.8 Å². The van der Waals surface area contributed by atoms with Crippen molar-refractivity contribution in [2.45, 2.75) is 57.2 Å². The Morgan fingerprint density at radius 1 is 0.971 bits per heavy atom. The molecule has 0 unspecified atom stereocenters. The maximum atomic E-state index is 10.9. The molecule has 0 aromatic carbocycles. The molecule has 0 spiro atoms. The predicted molar refractivity (Wildman–Crippen MR) is 127 cm³/mol. The van der Waals surface area contributed by atoms with Gasteiger partial charge in [-0.3, -0.25) is 9.78 Å². The fourth-order valence-electron chi connectivity index (χ4n) is 4.95. The molecule has 2 N–H and O–H groups in total. The van der Waals surface area contributed by atoms with Crippen LogP contribution in [-0.4, -0.2) is 61.5 Å². The lowest BCUT2D eigenvalue weighted by Crippen LogP contribution is -2.39. The zero-order valence-corrected chi connectivity index (χ0v) is 19.1. The molecule has 9 nitrogen and oxygen atoms in total. The molecule has 0 bridgehead atoms. The number of hydrogen-bond acceptors (Lipinski definition) is 7. The number of anilines is 1. The summed E-state index contributed by atoms with van der Waals surface area (Å²) in [5.41, 5.74) is 1.78. The smallest absolute Gasteiger partial charge is 0.303 e. The molecule has 3 aromatic heterocycles. The van der Waals surface area contributed by atoms with Gasteiger partial charge in [-0.1, -0.05) is 0 Å². The number of carboxylic acid groups (broad SMARTS) is 1. The topological polar surface area (TPSA) is 117 Å². The van der Waals surface area contributed by atoms with Gasteiger partial charge >= 0.3 is 5.97 Å². The number of nitrogens with zero attached hydrogens (tertiary/aromatic N) is 5. The molecule has 5 rings (SSSR count). The van der Waals surface area contributed by atoms with Crippen molar-refractivity contribution < 1.29 is 14.6 Å². The lowest BCUT2D eigenvalue weighted by Gasteiger charge is -2.36. The van der Waals surface area contributed by atoms with E-state index >= 15 is 0 Å². The van der Waals surface area contributed by atoms with Crippen molar-refractivity contribution in [2.75, 3.05) is 18.0 Å².